The standard InChI is InChI=1S/C17H22N2O2/c1-13(2)9-11-18-10-5-6-14(12-18)19-15-7-3-4-8-16(15)21-17(19)20/h3-4,7-9,14H,5-6,10-12H2,1-2H3/t14-/m0/s1. The molecule has 1 saturated heterocycles. The van der Waals surface area contributed by atoms with Crippen LogP contribution >= 0.6 is 0 Å². The van der Waals surface area contributed by atoms with Gasteiger partial charge in [0.15, 0.2) is 5.58 Å². The molecule has 21 heavy (non-hydrogen) atoms. The van der Waals surface area contributed by atoms with Gasteiger partial charge in [0.2, 0.25) is 0 Å². The number of piperidine rings is 1. The Bertz CT molecular complexity index is 707. The first-order valence-electron chi connectivity index (χ1n) is 7.61. The number of hydrogen-bond donors (Lipinski definition) is 0. The number of benzene rings is 1. The smallest absolute Gasteiger partial charge is 0.408 e. The first-order chi connectivity index (χ1) is 10.1. The number of para-hydroxylation sites is 2. The molecule has 2 heterocycles. The molecule has 4 heteroatoms. The molecule has 1 aliphatic heterocycles. The van der Waals surface area contributed by atoms with Gasteiger partial charge in [0, 0.05) is 13.1 Å². The molecule has 1 fully saturated rings. The second kappa shape index (κ2) is 5.90. The molecule has 4 nitrogen and oxygen atoms in total. The zero-order valence-electron chi connectivity index (χ0n) is 12.7. The molecule has 1 aromatic heterocycles. The van der Waals surface area contributed by atoms with E-state index >= 15 is 0 Å². The quantitative estimate of drug-likeness (QED) is 0.813. The van der Waals surface area contributed by atoms with Gasteiger partial charge in [-0.1, -0.05) is 23.8 Å². The molecule has 1 atom stereocenters. The van der Waals surface area contributed by atoms with E-state index in [2.05, 4.69) is 24.8 Å². The third-order valence-corrected chi connectivity index (χ3v) is 4.12. The van der Waals surface area contributed by atoms with Crippen molar-refractivity contribution in [1.82, 2.24) is 9.47 Å². The van der Waals surface area contributed by atoms with E-state index in [1.54, 1.807) is 0 Å². The number of allylic oxidation sites excluding steroid dienone is 1. The highest BCUT2D eigenvalue weighted by molar-refractivity contribution is 5.72. The Balaban J connectivity index is 1.87. The van der Waals surface area contributed by atoms with E-state index in [1.165, 1.54) is 5.57 Å². The largest absolute Gasteiger partial charge is 0.420 e. The van der Waals surface area contributed by atoms with Crippen molar-refractivity contribution in [1.29, 1.82) is 0 Å². The van der Waals surface area contributed by atoms with Gasteiger partial charge in [-0.3, -0.25) is 9.47 Å². The molecule has 112 valence electrons. The van der Waals surface area contributed by atoms with Gasteiger partial charge in [-0.15, -0.1) is 0 Å². The second-order valence-electron chi connectivity index (χ2n) is 6.04. The molecule has 1 aliphatic rings. The van der Waals surface area contributed by atoms with E-state index in [0.717, 1.165) is 38.0 Å². The van der Waals surface area contributed by atoms with Crippen LogP contribution in [0.15, 0.2) is 45.1 Å². The number of fused-ring (bicyclic) bond motifs is 1. The highest BCUT2D eigenvalue weighted by Gasteiger charge is 2.24. The normalized spacial score (nSPS) is 19.8. The van der Waals surface area contributed by atoms with Gasteiger partial charge in [-0.25, -0.2) is 4.79 Å². The maximum Gasteiger partial charge on any atom is 0.420 e. The van der Waals surface area contributed by atoms with Gasteiger partial charge in [0.05, 0.1) is 11.6 Å². The number of likely N-dealkylation sites (tertiary alicyclic amines) is 1. The zero-order valence-corrected chi connectivity index (χ0v) is 12.7. The van der Waals surface area contributed by atoms with Crippen LogP contribution in [0.25, 0.3) is 11.1 Å². The molecule has 0 saturated carbocycles. The number of nitrogens with zero attached hydrogens (tertiary/aromatic N) is 2. The molecule has 0 unspecified atom stereocenters. The summed E-state index contributed by atoms with van der Waals surface area (Å²) in [5.41, 5.74) is 2.93. The average molecular weight is 286 g/mol. The SMILES string of the molecule is CC(C)=CCN1CCC[C@H](n2c(=O)oc3ccccc32)C1. The highest BCUT2D eigenvalue weighted by atomic mass is 16.4. The molecule has 0 spiro atoms. The third kappa shape index (κ3) is 2.95. The van der Waals surface area contributed by atoms with Crippen LogP contribution in [-0.4, -0.2) is 29.1 Å². The summed E-state index contributed by atoms with van der Waals surface area (Å²) >= 11 is 0. The van der Waals surface area contributed by atoms with Crippen molar-refractivity contribution in [3.8, 4) is 0 Å². The lowest BCUT2D eigenvalue weighted by Crippen LogP contribution is -2.38. The molecule has 0 aliphatic carbocycles. The summed E-state index contributed by atoms with van der Waals surface area (Å²) in [5, 5.41) is 0. The summed E-state index contributed by atoms with van der Waals surface area (Å²) in [6, 6.07) is 7.89. The molecule has 1 aromatic carbocycles. The Kier molecular flexibility index (Phi) is 3.97. The molecular formula is C17H22N2O2. The van der Waals surface area contributed by atoms with Crippen molar-refractivity contribution in [3.63, 3.8) is 0 Å². The van der Waals surface area contributed by atoms with Crippen LogP contribution in [0.4, 0.5) is 0 Å². The summed E-state index contributed by atoms with van der Waals surface area (Å²) in [6.45, 7) is 7.21. The van der Waals surface area contributed by atoms with Crippen LogP contribution in [0.2, 0.25) is 0 Å². The van der Waals surface area contributed by atoms with Crippen molar-refractivity contribution in [2.24, 2.45) is 0 Å². The number of rotatable bonds is 3. The fourth-order valence-electron chi connectivity index (χ4n) is 3.05. The van der Waals surface area contributed by atoms with Gasteiger partial charge in [-0.05, 0) is 45.4 Å². The summed E-state index contributed by atoms with van der Waals surface area (Å²) in [4.78, 5) is 14.6. The maximum atomic E-state index is 12.2. The van der Waals surface area contributed by atoms with Crippen molar-refractivity contribution in [3.05, 3.63) is 46.5 Å². The lowest BCUT2D eigenvalue weighted by Gasteiger charge is -2.32. The Morgan fingerprint density at radius 3 is 3.00 bits per heavy atom. The number of aromatic nitrogens is 1. The minimum atomic E-state index is -0.231. The van der Waals surface area contributed by atoms with Crippen LogP contribution in [0.3, 0.4) is 0 Å². The molecule has 2 aromatic rings. The van der Waals surface area contributed by atoms with Crippen LogP contribution in [0.5, 0.6) is 0 Å². The topological polar surface area (TPSA) is 38.4 Å². The van der Waals surface area contributed by atoms with Gasteiger partial charge in [-0.2, -0.15) is 0 Å². The van der Waals surface area contributed by atoms with E-state index < -0.39 is 0 Å². The van der Waals surface area contributed by atoms with Crippen LogP contribution < -0.4 is 5.76 Å². The monoisotopic (exact) mass is 286 g/mol. The number of oxazole rings is 1. The fraction of sp³-hybridized carbons (Fsp3) is 0.471. The van der Waals surface area contributed by atoms with Crippen molar-refractivity contribution in [2.45, 2.75) is 32.7 Å². The summed E-state index contributed by atoms with van der Waals surface area (Å²) in [6.07, 6.45) is 4.40. The predicted octanol–water partition coefficient (Wildman–Crippen LogP) is 3.20. The van der Waals surface area contributed by atoms with Crippen LogP contribution in [-0.2, 0) is 0 Å². The van der Waals surface area contributed by atoms with Gasteiger partial charge < -0.3 is 4.42 Å². The second-order valence-corrected chi connectivity index (χ2v) is 6.04. The average Bonchev–Trinajstić information content (AvgIpc) is 2.81. The number of hydrogen-bond acceptors (Lipinski definition) is 3. The van der Waals surface area contributed by atoms with E-state index in [0.29, 0.717) is 5.58 Å². The lowest BCUT2D eigenvalue weighted by atomic mass is 10.1. The lowest BCUT2D eigenvalue weighted by molar-refractivity contribution is 0.190. The molecule has 0 bridgehead atoms. The van der Waals surface area contributed by atoms with Gasteiger partial charge in [0.1, 0.15) is 0 Å². The van der Waals surface area contributed by atoms with Gasteiger partial charge in [0.25, 0.3) is 0 Å². The van der Waals surface area contributed by atoms with Crippen molar-refractivity contribution >= 4 is 11.1 Å². The first-order valence-corrected chi connectivity index (χ1v) is 7.61. The Morgan fingerprint density at radius 2 is 2.19 bits per heavy atom. The molecule has 0 amide bonds. The maximum absolute atomic E-state index is 12.2. The van der Waals surface area contributed by atoms with Crippen molar-refractivity contribution < 1.29 is 4.42 Å². The molecular weight excluding hydrogens is 264 g/mol. The van der Waals surface area contributed by atoms with Crippen LogP contribution in [0, 0.1) is 0 Å². The fourth-order valence-corrected chi connectivity index (χ4v) is 3.05. The van der Waals surface area contributed by atoms with Crippen molar-refractivity contribution in [2.75, 3.05) is 19.6 Å². The summed E-state index contributed by atoms with van der Waals surface area (Å²) in [5.74, 6) is -0.231. The minimum absolute atomic E-state index is 0.209. The Morgan fingerprint density at radius 1 is 1.38 bits per heavy atom. The highest BCUT2D eigenvalue weighted by Crippen LogP contribution is 2.24. The van der Waals surface area contributed by atoms with E-state index in [-0.39, 0.29) is 11.8 Å². The van der Waals surface area contributed by atoms with E-state index in [1.807, 2.05) is 28.8 Å². The minimum Gasteiger partial charge on any atom is -0.408 e. The molecule has 3 rings (SSSR count). The first kappa shape index (κ1) is 14.1. The summed E-state index contributed by atoms with van der Waals surface area (Å²) in [7, 11) is 0. The third-order valence-electron chi connectivity index (χ3n) is 4.12. The van der Waals surface area contributed by atoms with E-state index in [9.17, 15) is 4.79 Å². The zero-order chi connectivity index (χ0) is 14.8. The van der Waals surface area contributed by atoms with Gasteiger partial charge >= 0.3 is 5.76 Å². The molecule has 0 N–H and O–H groups in total. The predicted molar refractivity (Wildman–Crippen MR) is 84.6 cm³/mol. The Hall–Kier alpha value is -1.81. The molecule has 0 radical (unpaired) electrons. The van der Waals surface area contributed by atoms with Crippen LogP contribution in [0.1, 0.15) is 32.7 Å². The van der Waals surface area contributed by atoms with E-state index in [4.69, 9.17) is 4.42 Å². The summed E-state index contributed by atoms with van der Waals surface area (Å²) < 4.78 is 7.20. The Labute approximate surface area is 124 Å².